The van der Waals surface area contributed by atoms with Gasteiger partial charge in [-0.25, -0.2) is 0 Å². The highest BCUT2D eigenvalue weighted by Crippen LogP contribution is 2.47. The first-order valence-electron chi connectivity index (χ1n) is 19.8. The maximum atomic E-state index is 6.51. The van der Waals surface area contributed by atoms with Crippen molar-refractivity contribution in [3.8, 4) is 44.5 Å². The van der Waals surface area contributed by atoms with Crippen molar-refractivity contribution >= 4 is 60.5 Å². The first-order chi connectivity index (χ1) is 28.8. The van der Waals surface area contributed by atoms with Crippen LogP contribution in [0.3, 0.4) is 0 Å². The van der Waals surface area contributed by atoms with E-state index in [-0.39, 0.29) is 0 Å². The highest BCUT2D eigenvalue weighted by Gasteiger charge is 2.22. The number of nitrogens with zero attached hydrogens (tertiary/aromatic N) is 1. The van der Waals surface area contributed by atoms with E-state index < -0.39 is 0 Å². The van der Waals surface area contributed by atoms with Crippen molar-refractivity contribution in [2.75, 3.05) is 4.90 Å². The minimum Gasteiger partial charge on any atom is -0.455 e. The van der Waals surface area contributed by atoms with Gasteiger partial charge in [0, 0.05) is 33.2 Å². The molecule has 0 aliphatic carbocycles. The molecule has 0 bridgehead atoms. The van der Waals surface area contributed by atoms with E-state index in [1.807, 2.05) is 12.1 Å². The van der Waals surface area contributed by atoms with E-state index in [4.69, 9.17) is 4.42 Å². The summed E-state index contributed by atoms with van der Waals surface area (Å²) >= 11 is 0. The second kappa shape index (κ2) is 14.1. The van der Waals surface area contributed by atoms with E-state index in [2.05, 4.69) is 217 Å². The lowest BCUT2D eigenvalue weighted by atomic mass is 9.94. The molecule has 0 aliphatic rings. The molecule has 0 amide bonds. The molecule has 11 aromatic rings. The number of furan rings is 1. The summed E-state index contributed by atoms with van der Waals surface area (Å²) in [4.78, 5) is 2.45. The van der Waals surface area contributed by atoms with Gasteiger partial charge in [-0.3, -0.25) is 0 Å². The van der Waals surface area contributed by atoms with Crippen LogP contribution in [0.5, 0.6) is 0 Å². The van der Waals surface area contributed by atoms with Crippen LogP contribution in [0.25, 0.3) is 88.0 Å². The highest BCUT2D eigenvalue weighted by atomic mass is 16.3. The first-order valence-corrected chi connectivity index (χ1v) is 19.8. The van der Waals surface area contributed by atoms with Crippen LogP contribution in [-0.2, 0) is 0 Å². The molecule has 0 radical (unpaired) electrons. The van der Waals surface area contributed by atoms with Gasteiger partial charge in [-0.05, 0) is 85.8 Å². The van der Waals surface area contributed by atoms with Gasteiger partial charge in [0.25, 0.3) is 0 Å². The monoisotopic (exact) mass is 739 g/mol. The predicted octanol–water partition coefficient (Wildman–Crippen LogP) is 16.0. The van der Waals surface area contributed by atoms with Crippen LogP contribution in [0, 0.1) is 0 Å². The zero-order chi connectivity index (χ0) is 38.4. The second-order valence-electron chi connectivity index (χ2n) is 14.8. The molecule has 11 rings (SSSR count). The van der Waals surface area contributed by atoms with Crippen LogP contribution in [-0.4, -0.2) is 0 Å². The predicted molar refractivity (Wildman–Crippen MR) is 245 cm³/mol. The van der Waals surface area contributed by atoms with Gasteiger partial charge in [0.05, 0.1) is 11.4 Å². The van der Waals surface area contributed by atoms with Crippen molar-refractivity contribution in [3.05, 3.63) is 224 Å². The summed E-state index contributed by atoms with van der Waals surface area (Å²) < 4.78 is 6.51. The van der Waals surface area contributed by atoms with Crippen molar-refractivity contribution in [2.24, 2.45) is 0 Å². The Labute approximate surface area is 337 Å². The lowest BCUT2D eigenvalue weighted by Gasteiger charge is -2.30. The largest absolute Gasteiger partial charge is 0.455 e. The Kier molecular flexibility index (Phi) is 8.19. The van der Waals surface area contributed by atoms with Crippen molar-refractivity contribution in [3.63, 3.8) is 0 Å². The summed E-state index contributed by atoms with van der Waals surface area (Å²) in [7, 11) is 0. The van der Waals surface area contributed by atoms with Gasteiger partial charge < -0.3 is 9.32 Å². The number of hydrogen-bond donors (Lipinski definition) is 0. The summed E-state index contributed by atoms with van der Waals surface area (Å²) in [6, 6.07) is 80.8. The Hall–Kier alpha value is -7.68. The zero-order valence-electron chi connectivity index (χ0n) is 31.7. The molecular weight excluding hydrogens is 703 g/mol. The number of benzene rings is 10. The van der Waals surface area contributed by atoms with E-state index in [0.29, 0.717) is 0 Å². The molecular formula is C56H37NO. The van der Waals surface area contributed by atoms with Gasteiger partial charge >= 0.3 is 0 Å². The van der Waals surface area contributed by atoms with Gasteiger partial charge in [0.15, 0.2) is 0 Å². The lowest BCUT2D eigenvalue weighted by molar-refractivity contribution is 0.670. The number of hydrogen-bond acceptors (Lipinski definition) is 2. The van der Waals surface area contributed by atoms with Crippen LogP contribution >= 0.6 is 0 Å². The molecule has 272 valence electrons. The van der Waals surface area contributed by atoms with E-state index in [1.165, 1.54) is 38.2 Å². The number of fused-ring (bicyclic) bond motifs is 5. The Morgan fingerprint density at radius 3 is 1.53 bits per heavy atom. The van der Waals surface area contributed by atoms with Gasteiger partial charge in [-0.2, -0.15) is 0 Å². The molecule has 58 heavy (non-hydrogen) atoms. The van der Waals surface area contributed by atoms with Crippen LogP contribution in [0.1, 0.15) is 0 Å². The van der Waals surface area contributed by atoms with Gasteiger partial charge in [-0.15, -0.1) is 0 Å². The third kappa shape index (κ3) is 5.74. The minimum absolute atomic E-state index is 0.901. The summed E-state index contributed by atoms with van der Waals surface area (Å²) in [6.45, 7) is 0. The van der Waals surface area contributed by atoms with Gasteiger partial charge in [0.1, 0.15) is 11.2 Å². The fourth-order valence-corrected chi connectivity index (χ4v) is 8.80. The molecule has 0 spiro atoms. The van der Waals surface area contributed by atoms with Crippen molar-refractivity contribution in [2.45, 2.75) is 0 Å². The van der Waals surface area contributed by atoms with E-state index in [0.717, 1.165) is 66.8 Å². The first kappa shape index (κ1) is 33.6. The SMILES string of the molecule is c1cc(-c2ccccc2N(c2cccc(-c3cccc4ccccc34)c2)c2ccccc2-c2cccc3ccccc23)cc(-c2cccc3c2oc2ccccc23)c1. The molecule has 0 fully saturated rings. The van der Waals surface area contributed by atoms with Crippen molar-refractivity contribution in [1.82, 2.24) is 0 Å². The van der Waals surface area contributed by atoms with E-state index in [9.17, 15) is 0 Å². The Morgan fingerprint density at radius 2 is 0.759 bits per heavy atom. The Balaban J connectivity index is 1.13. The summed E-state index contributed by atoms with van der Waals surface area (Å²) in [6.07, 6.45) is 0. The topological polar surface area (TPSA) is 16.4 Å². The van der Waals surface area contributed by atoms with E-state index in [1.54, 1.807) is 0 Å². The maximum Gasteiger partial charge on any atom is 0.143 e. The van der Waals surface area contributed by atoms with Crippen LogP contribution in [0.4, 0.5) is 17.1 Å². The van der Waals surface area contributed by atoms with Gasteiger partial charge in [0.2, 0.25) is 0 Å². The number of anilines is 3. The molecule has 0 aliphatic heterocycles. The third-order valence-electron chi connectivity index (χ3n) is 11.5. The fourth-order valence-electron chi connectivity index (χ4n) is 8.80. The van der Waals surface area contributed by atoms with Crippen LogP contribution < -0.4 is 4.90 Å². The Morgan fingerprint density at radius 1 is 0.293 bits per heavy atom. The molecule has 1 heterocycles. The molecule has 0 saturated carbocycles. The average Bonchev–Trinajstić information content (AvgIpc) is 3.68. The second-order valence-corrected chi connectivity index (χ2v) is 14.8. The molecule has 1 aromatic heterocycles. The van der Waals surface area contributed by atoms with Crippen LogP contribution in [0.2, 0.25) is 0 Å². The summed E-state index contributed by atoms with van der Waals surface area (Å²) in [5.74, 6) is 0. The normalized spacial score (nSPS) is 11.4. The van der Waals surface area contributed by atoms with Crippen molar-refractivity contribution < 1.29 is 4.42 Å². The maximum absolute atomic E-state index is 6.51. The molecule has 10 aromatic carbocycles. The minimum atomic E-state index is 0.901. The lowest BCUT2D eigenvalue weighted by Crippen LogP contribution is -2.12. The number of rotatable bonds is 7. The van der Waals surface area contributed by atoms with Crippen LogP contribution in [0.15, 0.2) is 229 Å². The molecule has 2 nitrogen and oxygen atoms in total. The average molecular weight is 740 g/mol. The Bertz CT molecular complexity index is 3310. The molecule has 0 atom stereocenters. The molecule has 0 unspecified atom stereocenters. The van der Waals surface area contributed by atoms with Crippen molar-refractivity contribution in [1.29, 1.82) is 0 Å². The summed E-state index contributed by atoms with van der Waals surface area (Å²) in [5, 5.41) is 7.17. The van der Waals surface area contributed by atoms with Gasteiger partial charge in [-0.1, -0.05) is 188 Å². The zero-order valence-corrected chi connectivity index (χ0v) is 31.7. The molecule has 0 saturated heterocycles. The fraction of sp³-hybridized carbons (Fsp3) is 0. The summed E-state index contributed by atoms with van der Waals surface area (Å²) in [5.41, 5.74) is 14.3. The molecule has 2 heteroatoms. The smallest absolute Gasteiger partial charge is 0.143 e. The standard InChI is InChI=1S/C56H37NO/c1-3-24-44-38(16-1)18-13-29-46(44)42-22-12-23-43(37-42)57(54-34-9-6-27-50(54)49-31-14-19-39-17-2-4-25-45(39)49)53-33-8-5-26-47(53)40-20-11-21-41(36-40)48-30-15-32-52-51-28-7-10-35-55(51)58-56(48)52/h1-37H. The number of para-hydroxylation sites is 4. The quantitative estimate of drug-likeness (QED) is 0.162. The highest BCUT2D eigenvalue weighted by molar-refractivity contribution is 6.10. The van der Waals surface area contributed by atoms with E-state index >= 15 is 0 Å². The molecule has 0 N–H and O–H groups in total. The third-order valence-corrected chi connectivity index (χ3v) is 11.5.